The van der Waals surface area contributed by atoms with Crippen molar-refractivity contribution in [3.8, 4) is 6.07 Å². The highest BCUT2D eigenvalue weighted by Gasteiger charge is 2.37. The van der Waals surface area contributed by atoms with E-state index in [1.807, 2.05) is 6.07 Å². The molecule has 0 aromatic heterocycles. The van der Waals surface area contributed by atoms with Crippen LogP contribution in [0.3, 0.4) is 0 Å². The molecule has 10 heteroatoms. The van der Waals surface area contributed by atoms with Crippen molar-refractivity contribution < 1.29 is 19.2 Å². The maximum atomic E-state index is 12.6. The molecule has 164 valence electrons. The third-order valence-corrected chi connectivity index (χ3v) is 5.98. The van der Waals surface area contributed by atoms with Gasteiger partial charge in [0.2, 0.25) is 5.88 Å². The highest BCUT2D eigenvalue weighted by Crippen LogP contribution is 2.43. The number of ether oxygens (including phenoxy) is 2. The fourth-order valence-corrected chi connectivity index (χ4v) is 4.29. The molecule has 0 radical (unpaired) electrons. The van der Waals surface area contributed by atoms with Crippen LogP contribution in [-0.2, 0) is 14.3 Å². The van der Waals surface area contributed by atoms with Crippen LogP contribution in [0.5, 0.6) is 0 Å². The van der Waals surface area contributed by atoms with E-state index in [0.717, 1.165) is 4.90 Å². The first kappa shape index (κ1) is 23.2. The minimum Gasteiger partial charge on any atom is -0.463 e. The molecule has 1 aliphatic rings. The molecule has 0 aliphatic carbocycles. The van der Waals surface area contributed by atoms with Crippen LogP contribution in [0.25, 0.3) is 0 Å². The summed E-state index contributed by atoms with van der Waals surface area (Å²) in [7, 11) is 0. The molecule has 1 heterocycles. The second-order valence-corrected chi connectivity index (χ2v) is 8.21. The number of nitro groups is 1. The summed E-state index contributed by atoms with van der Waals surface area (Å²) in [4.78, 5) is 25.1. The average Bonchev–Trinajstić information content (AvgIpc) is 2.75. The summed E-state index contributed by atoms with van der Waals surface area (Å²) < 4.78 is 10.5. The number of carbonyl (C=O) groups excluding carboxylic acids is 1. The number of nitriles is 1. The lowest BCUT2D eigenvalue weighted by Crippen LogP contribution is -2.25. The topological polar surface area (TPSA) is 128 Å². The van der Waals surface area contributed by atoms with Crippen molar-refractivity contribution in [1.29, 1.82) is 5.26 Å². The Kier molecular flexibility index (Phi) is 7.08. The summed E-state index contributed by atoms with van der Waals surface area (Å²) in [5, 5.41) is 22.1. The summed E-state index contributed by atoms with van der Waals surface area (Å²) in [5.41, 5.74) is 6.11. The molecule has 1 unspecified atom stereocenters. The number of esters is 1. The van der Waals surface area contributed by atoms with Gasteiger partial charge in [0.05, 0.1) is 27.9 Å². The quantitative estimate of drug-likeness (QED) is 0.352. The maximum absolute atomic E-state index is 12.6. The Morgan fingerprint density at radius 3 is 2.62 bits per heavy atom. The van der Waals surface area contributed by atoms with Gasteiger partial charge in [-0.2, -0.15) is 5.26 Å². The molecule has 2 aromatic rings. The number of allylic oxidation sites excluding steroid dienone is 2. The van der Waals surface area contributed by atoms with Crippen molar-refractivity contribution in [2.24, 2.45) is 5.73 Å². The number of benzene rings is 2. The summed E-state index contributed by atoms with van der Waals surface area (Å²) >= 11 is 7.10. The van der Waals surface area contributed by atoms with Gasteiger partial charge < -0.3 is 15.2 Å². The first-order valence-corrected chi connectivity index (χ1v) is 10.6. The Hall–Kier alpha value is -3.48. The lowest BCUT2D eigenvalue weighted by molar-refractivity contribution is -0.387. The fraction of sp³-hybridized carbons (Fsp3) is 0.182. The Morgan fingerprint density at radius 1 is 1.34 bits per heavy atom. The van der Waals surface area contributed by atoms with Crippen LogP contribution in [-0.4, -0.2) is 17.5 Å². The molecule has 0 saturated carbocycles. The molecule has 1 aliphatic heterocycles. The monoisotopic (exact) mass is 471 g/mol. The largest absolute Gasteiger partial charge is 0.463 e. The van der Waals surface area contributed by atoms with E-state index in [9.17, 15) is 20.2 Å². The number of nitro benzene ring substituents is 1. The Morgan fingerprint density at radius 2 is 2.03 bits per heavy atom. The van der Waals surface area contributed by atoms with Gasteiger partial charge in [0, 0.05) is 16.0 Å². The Bertz CT molecular complexity index is 1190. The second-order valence-electron chi connectivity index (χ2n) is 6.66. The van der Waals surface area contributed by atoms with Gasteiger partial charge in [-0.25, -0.2) is 4.79 Å². The maximum Gasteiger partial charge on any atom is 0.338 e. The molecular weight excluding hydrogens is 454 g/mol. The number of halogens is 1. The summed E-state index contributed by atoms with van der Waals surface area (Å²) in [6, 6.07) is 13.4. The van der Waals surface area contributed by atoms with Gasteiger partial charge in [-0.05, 0) is 49.7 Å². The molecular formula is C22H18ClN3O5S. The van der Waals surface area contributed by atoms with E-state index in [2.05, 4.69) is 0 Å². The number of hydrogen-bond donors (Lipinski definition) is 1. The zero-order valence-electron chi connectivity index (χ0n) is 17.1. The predicted molar refractivity (Wildman–Crippen MR) is 119 cm³/mol. The van der Waals surface area contributed by atoms with Gasteiger partial charge in [-0.3, -0.25) is 10.1 Å². The van der Waals surface area contributed by atoms with E-state index in [-0.39, 0.29) is 35.1 Å². The van der Waals surface area contributed by atoms with E-state index in [1.165, 1.54) is 24.8 Å². The standard InChI is InChI=1S/C22H18ClN3O5S/c1-3-30-22(27)19-12(2)31-21(25)16(11-24)20(19)13-4-9-18(17(10-13)26(28)29)32-15-7-5-14(23)6-8-15/h4-10,20H,3,25H2,1-2H3. The molecule has 0 fully saturated rings. The zero-order chi connectivity index (χ0) is 23.4. The molecule has 2 aromatic carbocycles. The van der Waals surface area contributed by atoms with E-state index in [0.29, 0.717) is 15.5 Å². The Balaban J connectivity index is 2.11. The van der Waals surface area contributed by atoms with Crippen molar-refractivity contribution >= 4 is 35.0 Å². The lowest BCUT2D eigenvalue weighted by atomic mass is 9.83. The zero-order valence-corrected chi connectivity index (χ0v) is 18.7. The molecule has 0 amide bonds. The minimum absolute atomic E-state index is 0.0222. The van der Waals surface area contributed by atoms with Gasteiger partial charge >= 0.3 is 5.97 Å². The minimum atomic E-state index is -0.957. The van der Waals surface area contributed by atoms with Crippen molar-refractivity contribution in [2.45, 2.75) is 29.6 Å². The molecule has 3 rings (SSSR count). The van der Waals surface area contributed by atoms with Crippen molar-refractivity contribution in [3.05, 3.63) is 86.0 Å². The highest BCUT2D eigenvalue weighted by atomic mass is 35.5. The van der Waals surface area contributed by atoms with Crippen LogP contribution < -0.4 is 5.73 Å². The average molecular weight is 472 g/mol. The number of hydrogen-bond acceptors (Lipinski definition) is 8. The van der Waals surface area contributed by atoms with Gasteiger partial charge in [0.25, 0.3) is 5.69 Å². The highest BCUT2D eigenvalue weighted by molar-refractivity contribution is 7.99. The number of rotatable bonds is 6. The number of nitrogens with two attached hydrogens (primary N) is 1. The third-order valence-electron chi connectivity index (χ3n) is 4.66. The first-order valence-electron chi connectivity index (χ1n) is 9.44. The molecule has 0 bridgehead atoms. The number of nitrogens with zero attached hydrogens (tertiary/aromatic N) is 2. The summed E-state index contributed by atoms with van der Waals surface area (Å²) in [6.45, 7) is 3.29. The summed E-state index contributed by atoms with van der Waals surface area (Å²) in [6.07, 6.45) is 0. The fourth-order valence-electron chi connectivity index (χ4n) is 3.26. The molecule has 1 atom stereocenters. The van der Waals surface area contributed by atoms with Crippen LogP contribution in [0.15, 0.2) is 75.0 Å². The molecule has 32 heavy (non-hydrogen) atoms. The van der Waals surface area contributed by atoms with Crippen molar-refractivity contribution in [2.75, 3.05) is 6.61 Å². The first-order chi connectivity index (χ1) is 15.3. The van der Waals surface area contributed by atoms with E-state index in [1.54, 1.807) is 43.3 Å². The van der Waals surface area contributed by atoms with Crippen molar-refractivity contribution in [1.82, 2.24) is 0 Å². The van der Waals surface area contributed by atoms with Crippen LogP contribution >= 0.6 is 23.4 Å². The smallest absolute Gasteiger partial charge is 0.338 e. The van der Waals surface area contributed by atoms with Crippen molar-refractivity contribution in [3.63, 3.8) is 0 Å². The van der Waals surface area contributed by atoms with E-state index in [4.69, 9.17) is 26.8 Å². The Labute approximate surface area is 193 Å². The molecule has 2 N–H and O–H groups in total. The van der Waals surface area contributed by atoms with Gasteiger partial charge in [0.15, 0.2) is 0 Å². The normalized spacial score (nSPS) is 15.8. The van der Waals surface area contributed by atoms with Crippen LogP contribution in [0.4, 0.5) is 5.69 Å². The van der Waals surface area contributed by atoms with Gasteiger partial charge in [-0.15, -0.1) is 0 Å². The number of carbonyl (C=O) groups is 1. The predicted octanol–water partition coefficient (Wildman–Crippen LogP) is 5.04. The van der Waals surface area contributed by atoms with Gasteiger partial charge in [0.1, 0.15) is 17.4 Å². The van der Waals surface area contributed by atoms with Crippen LogP contribution in [0.2, 0.25) is 5.02 Å². The van der Waals surface area contributed by atoms with Crippen LogP contribution in [0, 0.1) is 21.4 Å². The van der Waals surface area contributed by atoms with Crippen LogP contribution in [0.1, 0.15) is 25.3 Å². The SMILES string of the molecule is CCOC(=O)C1=C(C)OC(N)=C(C#N)C1c1ccc(Sc2ccc(Cl)cc2)c([N+](=O)[O-])c1. The third kappa shape index (κ3) is 4.72. The second kappa shape index (κ2) is 9.77. The van der Waals surface area contributed by atoms with E-state index >= 15 is 0 Å². The molecule has 0 spiro atoms. The molecule has 8 nitrogen and oxygen atoms in total. The van der Waals surface area contributed by atoms with Gasteiger partial charge in [-0.1, -0.05) is 29.4 Å². The summed E-state index contributed by atoms with van der Waals surface area (Å²) in [5.74, 6) is -1.63. The van der Waals surface area contributed by atoms with E-state index < -0.39 is 16.8 Å². The lowest BCUT2D eigenvalue weighted by Gasteiger charge is -2.26. The molecule has 0 saturated heterocycles.